The molecule has 3 heterocycles. The fraction of sp³-hybridized carbons (Fsp3) is 0.368. The number of fused-ring (bicyclic) bond motifs is 2. The lowest BCUT2D eigenvalue weighted by molar-refractivity contribution is -0.0673. The molecule has 0 bridgehead atoms. The summed E-state index contributed by atoms with van der Waals surface area (Å²) >= 11 is 0. The lowest BCUT2D eigenvalue weighted by atomic mass is 9.76. The van der Waals surface area contributed by atoms with Crippen LogP contribution in [0.2, 0.25) is 0 Å². The quantitative estimate of drug-likeness (QED) is 0.738. The third kappa shape index (κ3) is 2.48. The Morgan fingerprint density at radius 2 is 2.00 bits per heavy atom. The number of hydrogen-bond acceptors (Lipinski definition) is 7. The van der Waals surface area contributed by atoms with E-state index < -0.39 is 6.10 Å². The molecule has 2 aromatic heterocycles. The summed E-state index contributed by atoms with van der Waals surface area (Å²) in [5.74, 6) is 0.632. The number of benzene rings is 1. The first-order valence-electron chi connectivity index (χ1n) is 9.10. The van der Waals surface area contributed by atoms with Crippen LogP contribution in [0.5, 0.6) is 0 Å². The molecule has 1 saturated carbocycles. The highest BCUT2D eigenvalue weighted by Gasteiger charge is 2.48. The number of aliphatic hydroxyl groups excluding tert-OH is 1. The van der Waals surface area contributed by atoms with Gasteiger partial charge in [0.2, 0.25) is 0 Å². The molecular weight excluding hydrogens is 344 g/mol. The molecule has 138 valence electrons. The Morgan fingerprint density at radius 1 is 1.15 bits per heavy atom. The van der Waals surface area contributed by atoms with Gasteiger partial charge in [-0.1, -0.05) is 35.5 Å². The number of aliphatic hydroxyl groups is 1. The van der Waals surface area contributed by atoms with E-state index >= 15 is 0 Å². The van der Waals surface area contributed by atoms with Crippen LogP contribution in [-0.2, 0) is 4.84 Å². The minimum absolute atomic E-state index is 0.0458. The van der Waals surface area contributed by atoms with E-state index in [4.69, 9.17) is 4.84 Å². The van der Waals surface area contributed by atoms with Crippen LogP contribution < -0.4 is 5.32 Å². The molecule has 2 N–H and O–H groups in total. The zero-order valence-electron chi connectivity index (χ0n) is 14.9. The number of aromatic nitrogens is 4. The van der Waals surface area contributed by atoms with E-state index in [0.29, 0.717) is 12.2 Å². The van der Waals surface area contributed by atoms with Gasteiger partial charge in [0.1, 0.15) is 11.8 Å². The van der Waals surface area contributed by atoms with Crippen LogP contribution in [0, 0.1) is 5.92 Å². The van der Waals surface area contributed by atoms with Crippen molar-refractivity contribution in [3.8, 4) is 0 Å². The molecule has 1 fully saturated rings. The summed E-state index contributed by atoms with van der Waals surface area (Å²) in [6.45, 7) is 0. The van der Waals surface area contributed by atoms with E-state index in [1.54, 1.807) is 12.7 Å². The molecule has 8 heteroatoms. The Morgan fingerprint density at radius 3 is 2.81 bits per heavy atom. The molecule has 8 nitrogen and oxygen atoms in total. The van der Waals surface area contributed by atoms with Crippen molar-refractivity contribution in [3.05, 3.63) is 48.5 Å². The van der Waals surface area contributed by atoms with Gasteiger partial charge in [0.05, 0.1) is 24.1 Å². The van der Waals surface area contributed by atoms with Crippen LogP contribution in [0.15, 0.2) is 48.1 Å². The standard InChI is InChI=1S/C19H20N6O2/c1-20-18-16-19(22-9-21-18)25(10-23-16)12-7-8-13(26)17-14(12)15(24-27-17)11-5-3-2-4-6-11/h2-6,9-10,12-14,17,26H,7-8H2,1H3,(H,20,21,22)/t12-,13+,14-,17-/m1/s1. The van der Waals surface area contributed by atoms with Crippen molar-refractivity contribution in [3.63, 3.8) is 0 Å². The molecule has 5 rings (SSSR count). The highest BCUT2D eigenvalue weighted by atomic mass is 16.7. The van der Waals surface area contributed by atoms with Crippen LogP contribution >= 0.6 is 0 Å². The minimum atomic E-state index is -0.534. The van der Waals surface area contributed by atoms with Crippen molar-refractivity contribution in [2.45, 2.75) is 31.1 Å². The van der Waals surface area contributed by atoms with E-state index in [-0.39, 0.29) is 18.1 Å². The van der Waals surface area contributed by atoms with Crippen LogP contribution in [0.4, 0.5) is 5.82 Å². The van der Waals surface area contributed by atoms with Gasteiger partial charge in [0, 0.05) is 13.1 Å². The number of rotatable bonds is 3. The number of nitrogens with one attached hydrogen (secondary N) is 1. The third-order valence-electron chi connectivity index (χ3n) is 5.52. The van der Waals surface area contributed by atoms with E-state index in [1.165, 1.54) is 0 Å². The van der Waals surface area contributed by atoms with Crippen LogP contribution in [0.1, 0.15) is 24.4 Å². The Labute approximate surface area is 155 Å². The van der Waals surface area contributed by atoms with Crippen LogP contribution in [0.25, 0.3) is 11.2 Å². The first kappa shape index (κ1) is 16.2. The molecule has 0 spiro atoms. The van der Waals surface area contributed by atoms with Gasteiger partial charge < -0.3 is 19.8 Å². The number of anilines is 1. The van der Waals surface area contributed by atoms with Gasteiger partial charge in [0.25, 0.3) is 0 Å². The fourth-order valence-corrected chi connectivity index (χ4v) is 4.24. The second kappa shape index (κ2) is 6.31. The summed E-state index contributed by atoms with van der Waals surface area (Å²) in [5.41, 5.74) is 3.39. The second-order valence-electron chi connectivity index (χ2n) is 6.95. The van der Waals surface area contributed by atoms with E-state index in [9.17, 15) is 5.11 Å². The predicted octanol–water partition coefficient (Wildman–Crippen LogP) is 1.98. The highest BCUT2D eigenvalue weighted by molar-refractivity contribution is 6.03. The number of oxime groups is 1. The van der Waals surface area contributed by atoms with Gasteiger partial charge in [-0.2, -0.15) is 0 Å². The van der Waals surface area contributed by atoms with Gasteiger partial charge in [-0.3, -0.25) is 0 Å². The number of hydrogen-bond donors (Lipinski definition) is 2. The molecule has 1 aliphatic carbocycles. The van der Waals surface area contributed by atoms with Gasteiger partial charge in [-0.05, 0) is 18.4 Å². The molecule has 0 unspecified atom stereocenters. The molecule has 0 saturated heterocycles. The Bertz CT molecular complexity index is 1000. The molecule has 0 radical (unpaired) electrons. The minimum Gasteiger partial charge on any atom is -0.389 e. The van der Waals surface area contributed by atoms with Crippen molar-refractivity contribution in [1.82, 2.24) is 19.5 Å². The predicted molar refractivity (Wildman–Crippen MR) is 100 cm³/mol. The number of nitrogens with zero attached hydrogens (tertiary/aromatic N) is 5. The van der Waals surface area contributed by atoms with E-state index in [2.05, 4.69) is 30.0 Å². The molecule has 1 aromatic carbocycles. The van der Waals surface area contributed by atoms with Crippen LogP contribution in [0.3, 0.4) is 0 Å². The van der Waals surface area contributed by atoms with Gasteiger partial charge in [-0.15, -0.1) is 0 Å². The lowest BCUT2D eigenvalue weighted by Crippen LogP contribution is -2.44. The fourth-order valence-electron chi connectivity index (χ4n) is 4.24. The molecular formula is C19H20N6O2. The van der Waals surface area contributed by atoms with Crippen LogP contribution in [-0.4, -0.2) is 49.6 Å². The summed E-state index contributed by atoms with van der Waals surface area (Å²) in [5, 5.41) is 17.9. The van der Waals surface area contributed by atoms with Crippen molar-refractivity contribution in [1.29, 1.82) is 0 Å². The number of imidazole rings is 1. The Hall–Kier alpha value is -3.00. The van der Waals surface area contributed by atoms with Gasteiger partial charge >= 0.3 is 0 Å². The maximum Gasteiger partial charge on any atom is 0.165 e. The van der Waals surface area contributed by atoms with Crippen molar-refractivity contribution < 1.29 is 9.94 Å². The zero-order chi connectivity index (χ0) is 18.4. The molecule has 1 aliphatic heterocycles. The van der Waals surface area contributed by atoms with E-state index in [1.807, 2.05) is 37.4 Å². The maximum atomic E-state index is 10.5. The zero-order valence-corrected chi connectivity index (χ0v) is 14.9. The maximum absolute atomic E-state index is 10.5. The molecule has 3 aromatic rings. The average Bonchev–Trinajstić information content (AvgIpc) is 3.34. The molecule has 0 amide bonds. The largest absolute Gasteiger partial charge is 0.389 e. The lowest BCUT2D eigenvalue weighted by Gasteiger charge is -2.36. The highest BCUT2D eigenvalue weighted by Crippen LogP contribution is 2.42. The second-order valence-corrected chi connectivity index (χ2v) is 6.95. The van der Waals surface area contributed by atoms with Gasteiger partial charge in [-0.25, -0.2) is 15.0 Å². The first-order chi connectivity index (χ1) is 13.3. The molecule has 4 atom stereocenters. The summed E-state index contributed by atoms with van der Waals surface area (Å²) in [6, 6.07) is 10.0. The third-order valence-corrected chi connectivity index (χ3v) is 5.52. The average molecular weight is 364 g/mol. The van der Waals surface area contributed by atoms with Gasteiger partial charge in [0.15, 0.2) is 17.6 Å². The molecule has 27 heavy (non-hydrogen) atoms. The summed E-state index contributed by atoms with van der Waals surface area (Å²) in [6.07, 6.45) is 3.89. The van der Waals surface area contributed by atoms with Crippen molar-refractivity contribution >= 4 is 22.7 Å². The Balaban J connectivity index is 1.61. The topological polar surface area (TPSA) is 97.5 Å². The summed E-state index contributed by atoms with van der Waals surface area (Å²) < 4.78 is 2.08. The monoisotopic (exact) mass is 364 g/mol. The normalized spacial score (nSPS) is 27.1. The van der Waals surface area contributed by atoms with E-state index in [0.717, 1.165) is 28.9 Å². The SMILES string of the molecule is CNc1ncnc2c1ncn2[C@@H]1CC[C@H](O)[C@H]2ON=C(c3ccccc3)[C@H]21. The summed E-state index contributed by atoms with van der Waals surface area (Å²) in [4.78, 5) is 18.9. The summed E-state index contributed by atoms with van der Waals surface area (Å²) in [7, 11) is 1.82. The smallest absolute Gasteiger partial charge is 0.165 e. The Kier molecular flexibility index (Phi) is 3.78. The first-order valence-corrected chi connectivity index (χ1v) is 9.10. The molecule has 2 aliphatic rings. The van der Waals surface area contributed by atoms with Crippen molar-refractivity contribution in [2.75, 3.05) is 12.4 Å². The van der Waals surface area contributed by atoms with Crippen molar-refractivity contribution in [2.24, 2.45) is 11.1 Å².